The lowest BCUT2D eigenvalue weighted by atomic mass is 10.1. The molecule has 3 rings (SSSR count). The van der Waals surface area contributed by atoms with Crippen molar-refractivity contribution in [2.75, 3.05) is 11.9 Å². The monoisotopic (exact) mass is 377 g/mol. The van der Waals surface area contributed by atoms with E-state index in [1.807, 2.05) is 74.5 Å². The number of carbonyl (C=O) groups excluding carboxylic acids is 1. The molecular formula is C23H23NO2S. The Kier molecular flexibility index (Phi) is 6.55. The Hall–Kier alpha value is -2.72. The summed E-state index contributed by atoms with van der Waals surface area (Å²) in [6.07, 6.45) is 0. The molecule has 0 spiro atoms. The molecule has 27 heavy (non-hydrogen) atoms. The summed E-state index contributed by atoms with van der Waals surface area (Å²) in [7, 11) is 0. The summed E-state index contributed by atoms with van der Waals surface area (Å²) in [6.45, 7) is 4.01. The molecule has 3 aromatic carbocycles. The number of carbonyl (C=O) groups is 1. The Morgan fingerprint density at radius 1 is 0.963 bits per heavy atom. The highest BCUT2D eigenvalue weighted by Crippen LogP contribution is 2.23. The Morgan fingerprint density at radius 3 is 2.41 bits per heavy atom. The molecule has 3 nitrogen and oxygen atoms in total. The fraction of sp³-hybridized carbons (Fsp3) is 0.174. The van der Waals surface area contributed by atoms with E-state index in [9.17, 15) is 4.79 Å². The van der Waals surface area contributed by atoms with Gasteiger partial charge in [0.25, 0.3) is 5.91 Å². The zero-order chi connectivity index (χ0) is 19.1. The minimum Gasteiger partial charge on any atom is -0.483 e. The van der Waals surface area contributed by atoms with E-state index >= 15 is 0 Å². The normalized spacial score (nSPS) is 10.4. The van der Waals surface area contributed by atoms with Gasteiger partial charge < -0.3 is 10.1 Å². The van der Waals surface area contributed by atoms with Crippen molar-refractivity contribution >= 4 is 23.4 Å². The standard InChI is InChI=1S/C23H23NO2S/c1-17-8-13-22(18(2)14-17)26-15-23(25)24-20-11-9-19(10-12-20)16-27-21-6-4-3-5-7-21/h3-14H,15-16H2,1-2H3,(H,24,25). The molecule has 1 N–H and O–H groups in total. The number of hydrogen-bond acceptors (Lipinski definition) is 3. The van der Waals surface area contributed by atoms with Crippen LogP contribution in [0.5, 0.6) is 5.75 Å². The molecule has 0 unspecified atom stereocenters. The zero-order valence-electron chi connectivity index (χ0n) is 15.6. The number of nitrogens with one attached hydrogen (secondary N) is 1. The van der Waals surface area contributed by atoms with Crippen LogP contribution >= 0.6 is 11.8 Å². The smallest absolute Gasteiger partial charge is 0.262 e. The van der Waals surface area contributed by atoms with Crippen molar-refractivity contribution < 1.29 is 9.53 Å². The number of thioether (sulfide) groups is 1. The van der Waals surface area contributed by atoms with Gasteiger partial charge in [0.1, 0.15) is 5.75 Å². The molecule has 0 aliphatic heterocycles. The predicted molar refractivity (Wildman–Crippen MR) is 112 cm³/mol. The van der Waals surface area contributed by atoms with Crippen molar-refractivity contribution in [3.05, 3.63) is 89.5 Å². The highest BCUT2D eigenvalue weighted by atomic mass is 32.2. The van der Waals surface area contributed by atoms with Crippen LogP contribution in [0.25, 0.3) is 0 Å². The van der Waals surface area contributed by atoms with Crippen molar-refractivity contribution in [2.24, 2.45) is 0 Å². The van der Waals surface area contributed by atoms with Crippen molar-refractivity contribution in [1.29, 1.82) is 0 Å². The molecule has 0 aliphatic carbocycles. The number of rotatable bonds is 7. The lowest BCUT2D eigenvalue weighted by molar-refractivity contribution is -0.118. The van der Waals surface area contributed by atoms with Gasteiger partial charge in [-0.1, -0.05) is 48.0 Å². The second kappa shape index (κ2) is 9.28. The third-order valence-electron chi connectivity index (χ3n) is 4.08. The molecule has 0 aromatic heterocycles. The molecule has 0 saturated heterocycles. The van der Waals surface area contributed by atoms with E-state index in [2.05, 4.69) is 17.4 Å². The molecule has 1 amide bonds. The molecule has 0 aliphatic rings. The Bertz CT molecular complexity index is 892. The highest BCUT2D eigenvalue weighted by molar-refractivity contribution is 7.98. The van der Waals surface area contributed by atoms with Crippen LogP contribution in [0.3, 0.4) is 0 Å². The topological polar surface area (TPSA) is 38.3 Å². The van der Waals surface area contributed by atoms with Crippen LogP contribution in [0.4, 0.5) is 5.69 Å². The molecule has 0 saturated carbocycles. The van der Waals surface area contributed by atoms with E-state index in [0.29, 0.717) is 0 Å². The van der Waals surface area contributed by atoms with Gasteiger partial charge >= 0.3 is 0 Å². The second-order valence-electron chi connectivity index (χ2n) is 6.40. The van der Waals surface area contributed by atoms with Gasteiger partial charge in [-0.25, -0.2) is 0 Å². The third kappa shape index (κ3) is 5.90. The molecule has 0 atom stereocenters. The van der Waals surface area contributed by atoms with E-state index in [1.165, 1.54) is 16.0 Å². The zero-order valence-corrected chi connectivity index (χ0v) is 16.4. The summed E-state index contributed by atoms with van der Waals surface area (Å²) in [5, 5.41) is 2.87. The Balaban J connectivity index is 1.48. The van der Waals surface area contributed by atoms with Gasteiger partial charge in [0.2, 0.25) is 0 Å². The maximum absolute atomic E-state index is 12.1. The molecule has 138 valence electrons. The molecular weight excluding hydrogens is 354 g/mol. The molecule has 4 heteroatoms. The average Bonchev–Trinajstić information content (AvgIpc) is 2.67. The fourth-order valence-corrected chi connectivity index (χ4v) is 3.54. The summed E-state index contributed by atoms with van der Waals surface area (Å²) in [5.74, 6) is 1.47. The first-order valence-electron chi connectivity index (χ1n) is 8.87. The number of aryl methyl sites for hydroxylation is 2. The number of ether oxygens (including phenoxy) is 1. The minimum absolute atomic E-state index is 0.00445. The minimum atomic E-state index is -0.165. The van der Waals surface area contributed by atoms with Crippen LogP contribution < -0.4 is 10.1 Å². The first kappa shape index (κ1) is 19.1. The van der Waals surface area contributed by atoms with Gasteiger partial charge in [-0.05, 0) is 55.3 Å². The van der Waals surface area contributed by atoms with Crippen LogP contribution in [0.15, 0.2) is 77.7 Å². The van der Waals surface area contributed by atoms with Crippen LogP contribution in [0, 0.1) is 13.8 Å². The van der Waals surface area contributed by atoms with Crippen LogP contribution in [0.2, 0.25) is 0 Å². The molecule has 0 bridgehead atoms. The van der Waals surface area contributed by atoms with E-state index in [-0.39, 0.29) is 12.5 Å². The summed E-state index contributed by atoms with van der Waals surface area (Å²) in [4.78, 5) is 13.4. The van der Waals surface area contributed by atoms with Gasteiger partial charge in [-0.15, -0.1) is 11.8 Å². The van der Waals surface area contributed by atoms with Crippen LogP contribution in [-0.2, 0) is 10.5 Å². The van der Waals surface area contributed by atoms with E-state index in [4.69, 9.17) is 4.74 Å². The maximum Gasteiger partial charge on any atom is 0.262 e. The fourth-order valence-electron chi connectivity index (χ4n) is 2.67. The first-order chi connectivity index (χ1) is 13.1. The lowest BCUT2D eigenvalue weighted by Crippen LogP contribution is -2.20. The molecule has 0 fully saturated rings. The van der Waals surface area contributed by atoms with Gasteiger partial charge in [-0.2, -0.15) is 0 Å². The van der Waals surface area contributed by atoms with Crippen molar-refractivity contribution in [3.8, 4) is 5.75 Å². The van der Waals surface area contributed by atoms with E-state index in [0.717, 1.165) is 22.8 Å². The lowest BCUT2D eigenvalue weighted by Gasteiger charge is -2.10. The van der Waals surface area contributed by atoms with Crippen molar-refractivity contribution in [3.63, 3.8) is 0 Å². The number of hydrogen-bond donors (Lipinski definition) is 1. The second-order valence-corrected chi connectivity index (χ2v) is 7.45. The molecule has 3 aromatic rings. The number of amides is 1. The Morgan fingerprint density at radius 2 is 1.70 bits per heavy atom. The summed E-state index contributed by atoms with van der Waals surface area (Å²) < 4.78 is 5.62. The predicted octanol–water partition coefficient (Wildman–Crippen LogP) is 5.61. The Labute approximate surface area is 164 Å². The van der Waals surface area contributed by atoms with Crippen molar-refractivity contribution in [2.45, 2.75) is 24.5 Å². The first-order valence-corrected chi connectivity index (χ1v) is 9.85. The van der Waals surface area contributed by atoms with Gasteiger partial charge in [-0.3, -0.25) is 4.79 Å². The number of benzene rings is 3. The maximum atomic E-state index is 12.1. The van der Waals surface area contributed by atoms with Gasteiger partial charge in [0, 0.05) is 16.3 Å². The largest absolute Gasteiger partial charge is 0.483 e. The average molecular weight is 378 g/mol. The van der Waals surface area contributed by atoms with Crippen molar-refractivity contribution in [1.82, 2.24) is 0 Å². The molecule has 0 radical (unpaired) electrons. The van der Waals surface area contributed by atoms with E-state index in [1.54, 1.807) is 11.8 Å². The van der Waals surface area contributed by atoms with Crippen LogP contribution in [-0.4, -0.2) is 12.5 Å². The summed E-state index contributed by atoms with van der Waals surface area (Å²) in [6, 6.07) is 24.2. The SMILES string of the molecule is Cc1ccc(OCC(=O)Nc2ccc(CSc3ccccc3)cc2)c(C)c1. The van der Waals surface area contributed by atoms with Crippen LogP contribution in [0.1, 0.15) is 16.7 Å². The van der Waals surface area contributed by atoms with Gasteiger partial charge in [0.05, 0.1) is 0 Å². The van der Waals surface area contributed by atoms with Gasteiger partial charge in [0.15, 0.2) is 6.61 Å². The summed E-state index contributed by atoms with van der Waals surface area (Å²) >= 11 is 1.79. The highest BCUT2D eigenvalue weighted by Gasteiger charge is 2.06. The quantitative estimate of drug-likeness (QED) is 0.544. The third-order valence-corrected chi connectivity index (χ3v) is 5.16. The molecule has 0 heterocycles. The summed E-state index contributed by atoms with van der Waals surface area (Å²) in [5.41, 5.74) is 4.20. The number of anilines is 1. The van der Waals surface area contributed by atoms with E-state index < -0.39 is 0 Å².